The highest BCUT2D eigenvalue weighted by atomic mass is 32.1. The summed E-state index contributed by atoms with van der Waals surface area (Å²) in [6, 6.07) is 2.72. The predicted molar refractivity (Wildman–Crippen MR) is 110 cm³/mol. The van der Waals surface area contributed by atoms with Crippen LogP contribution in [-0.4, -0.2) is 104 Å². The van der Waals surface area contributed by atoms with Crippen molar-refractivity contribution in [1.82, 2.24) is 19.6 Å². The first kappa shape index (κ1) is 20.7. The number of hydrogen-bond acceptors (Lipinski definition) is 6. The zero-order valence-electron chi connectivity index (χ0n) is 16.8. The van der Waals surface area contributed by atoms with Gasteiger partial charge in [0.25, 0.3) is 0 Å². The normalized spacial score (nSPS) is 23.0. The average Bonchev–Trinajstić information content (AvgIpc) is 3.20. The average molecular weight is 395 g/mol. The van der Waals surface area contributed by atoms with E-state index < -0.39 is 0 Å². The van der Waals surface area contributed by atoms with Gasteiger partial charge in [-0.25, -0.2) is 0 Å². The molecule has 0 N–H and O–H groups in total. The molecule has 2 saturated heterocycles. The molecule has 1 aromatic rings. The second-order valence-corrected chi connectivity index (χ2v) is 8.39. The van der Waals surface area contributed by atoms with Crippen LogP contribution in [0.4, 0.5) is 0 Å². The van der Waals surface area contributed by atoms with E-state index in [9.17, 15) is 4.79 Å². The first-order chi connectivity index (χ1) is 13.2. The number of thiophene rings is 1. The fraction of sp³-hybridized carbons (Fsp3) is 0.750. The molecule has 2 aliphatic heterocycles. The number of piperazine rings is 2. The van der Waals surface area contributed by atoms with Crippen LogP contribution in [-0.2, 0) is 16.1 Å². The van der Waals surface area contributed by atoms with E-state index >= 15 is 0 Å². The summed E-state index contributed by atoms with van der Waals surface area (Å²) in [5.41, 5.74) is 1.39. The molecule has 6 nitrogen and oxygen atoms in total. The van der Waals surface area contributed by atoms with Gasteiger partial charge in [-0.15, -0.1) is 0 Å². The first-order valence-corrected chi connectivity index (χ1v) is 11.1. The SMILES string of the molecule is CCC1CN(CC(=O)N2CCN(Cc3ccsc3)CC2)CCN1CCOC. The summed E-state index contributed by atoms with van der Waals surface area (Å²) in [6.07, 6.45) is 1.12. The highest BCUT2D eigenvalue weighted by Gasteiger charge is 2.28. The van der Waals surface area contributed by atoms with Crippen molar-refractivity contribution in [3.05, 3.63) is 22.4 Å². The molecule has 1 atom stereocenters. The Kier molecular flexibility index (Phi) is 8.08. The van der Waals surface area contributed by atoms with E-state index in [1.807, 2.05) is 0 Å². The summed E-state index contributed by atoms with van der Waals surface area (Å²) in [4.78, 5) is 22.1. The van der Waals surface area contributed by atoms with E-state index in [0.29, 0.717) is 18.5 Å². The molecule has 3 heterocycles. The molecular weight excluding hydrogens is 360 g/mol. The largest absolute Gasteiger partial charge is 0.383 e. The van der Waals surface area contributed by atoms with Crippen LogP contribution in [0.1, 0.15) is 18.9 Å². The summed E-state index contributed by atoms with van der Waals surface area (Å²) < 4.78 is 5.23. The maximum Gasteiger partial charge on any atom is 0.236 e. The van der Waals surface area contributed by atoms with Crippen LogP contribution in [0.5, 0.6) is 0 Å². The van der Waals surface area contributed by atoms with Crippen molar-refractivity contribution in [3.8, 4) is 0 Å². The van der Waals surface area contributed by atoms with E-state index in [4.69, 9.17) is 4.74 Å². The van der Waals surface area contributed by atoms with Crippen molar-refractivity contribution in [3.63, 3.8) is 0 Å². The quantitative estimate of drug-likeness (QED) is 0.667. The number of methoxy groups -OCH3 is 1. The van der Waals surface area contributed by atoms with Crippen LogP contribution < -0.4 is 0 Å². The fourth-order valence-corrected chi connectivity index (χ4v) is 4.74. The van der Waals surface area contributed by atoms with Crippen LogP contribution in [0.3, 0.4) is 0 Å². The lowest BCUT2D eigenvalue weighted by Gasteiger charge is -2.42. The molecule has 0 spiro atoms. The maximum atomic E-state index is 12.8. The van der Waals surface area contributed by atoms with Crippen LogP contribution >= 0.6 is 11.3 Å². The van der Waals surface area contributed by atoms with Crippen molar-refractivity contribution >= 4 is 17.2 Å². The Morgan fingerprint density at radius 3 is 2.63 bits per heavy atom. The Morgan fingerprint density at radius 2 is 1.96 bits per heavy atom. The minimum atomic E-state index is 0.297. The van der Waals surface area contributed by atoms with Crippen LogP contribution in [0.15, 0.2) is 16.8 Å². The van der Waals surface area contributed by atoms with Gasteiger partial charge in [-0.2, -0.15) is 11.3 Å². The molecule has 0 bridgehead atoms. The van der Waals surface area contributed by atoms with Gasteiger partial charge in [0.2, 0.25) is 5.91 Å². The Balaban J connectivity index is 1.40. The molecule has 1 amide bonds. The Labute approximate surface area is 167 Å². The topological polar surface area (TPSA) is 39.3 Å². The van der Waals surface area contributed by atoms with Crippen molar-refractivity contribution < 1.29 is 9.53 Å². The highest BCUT2D eigenvalue weighted by molar-refractivity contribution is 7.07. The predicted octanol–water partition coefficient (Wildman–Crippen LogP) is 1.43. The zero-order chi connectivity index (χ0) is 19.1. The third-order valence-electron chi connectivity index (χ3n) is 5.81. The standard InChI is InChI=1S/C20H34N4O2S/c1-3-19-15-22(7-8-23(19)11-12-26-2)16-20(25)24-9-5-21(6-10-24)14-18-4-13-27-17-18/h4,13,17,19H,3,5-12,14-16H2,1-2H3. The second kappa shape index (κ2) is 10.5. The summed E-state index contributed by atoms with van der Waals surface area (Å²) in [5, 5.41) is 4.35. The Morgan fingerprint density at radius 1 is 1.19 bits per heavy atom. The van der Waals surface area contributed by atoms with E-state index in [1.54, 1.807) is 18.4 Å². The lowest BCUT2D eigenvalue weighted by atomic mass is 10.1. The van der Waals surface area contributed by atoms with E-state index in [1.165, 1.54) is 5.56 Å². The van der Waals surface area contributed by atoms with E-state index in [0.717, 1.165) is 71.9 Å². The van der Waals surface area contributed by atoms with Gasteiger partial charge in [0.15, 0.2) is 0 Å². The minimum absolute atomic E-state index is 0.297. The van der Waals surface area contributed by atoms with Gasteiger partial charge in [-0.1, -0.05) is 6.92 Å². The molecule has 2 aliphatic rings. The lowest BCUT2D eigenvalue weighted by molar-refractivity contribution is -0.135. The van der Waals surface area contributed by atoms with Crippen molar-refractivity contribution in [1.29, 1.82) is 0 Å². The second-order valence-electron chi connectivity index (χ2n) is 7.61. The van der Waals surface area contributed by atoms with Crippen LogP contribution in [0.2, 0.25) is 0 Å². The number of ether oxygens (including phenoxy) is 1. The fourth-order valence-electron chi connectivity index (χ4n) is 4.08. The van der Waals surface area contributed by atoms with Gasteiger partial charge in [-0.05, 0) is 28.8 Å². The Hall–Kier alpha value is -0.990. The molecule has 2 fully saturated rings. The third-order valence-corrected chi connectivity index (χ3v) is 6.54. The third kappa shape index (κ3) is 5.99. The maximum absolute atomic E-state index is 12.8. The summed E-state index contributed by atoms with van der Waals surface area (Å²) in [5.74, 6) is 0.297. The zero-order valence-corrected chi connectivity index (χ0v) is 17.6. The first-order valence-electron chi connectivity index (χ1n) is 10.2. The number of nitrogens with zero attached hydrogens (tertiary/aromatic N) is 4. The van der Waals surface area contributed by atoms with Crippen molar-refractivity contribution in [2.75, 3.05) is 72.6 Å². The number of hydrogen-bond donors (Lipinski definition) is 0. The number of amides is 1. The molecule has 7 heteroatoms. The minimum Gasteiger partial charge on any atom is -0.383 e. The van der Waals surface area contributed by atoms with Gasteiger partial charge in [0.05, 0.1) is 13.2 Å². The number of rotatable bonds is 8. The highest BCUT2D eigenvalue weighted by Crippen LogP contribution is 2.14. The monoisotopic (exact) mass is 394 g/mol. The van der Waals surface area contributed by atoms with Crippen molar-refractivity contribution in [2.45, 2.75) is 25.9 Å². The molecule has 3 rings (SSSR count). The lowest BCUT2D eigenvalue weighted by Crippen LogP contribution is -2.56. The molecule has 0 aliphatic carbocycles. The molecule has 0 radical (unpaired) electrons. The van der Waals surface area contributed by atoms with Gasteiger partial charge in [0, 0.05) is 72.1 Å². The molecule has 1 unspecified atom stereocenters. The molecular formula is C20H34N4O2S. The molecule has 1 aromatic heterocycles. The summed E-state index contributed by atoms with van der Waals surface area (Å²) >= 11 is 1.75. The van der Waals surface area contributed by atoms with Crippen LogP contribution in [0, 0.1) is 0 Å². The van der Waals surface area contributed by atoms with Crippen molar-refractivity contribution in [2.24, 2.45) is 0 Å². The molecule has 152 valence electrons. The molecule has 0 saturated carbocycles. The van der Waals surface area contributed by atoms with Gasteiger partial charge in [0.1, 0.15) is 0 Å². The van der Waals surface area contributed by atoms with Gasteiger partial charge in [-0.3, -0.25) is 19.5 Å². The van der Waals surface area contributed by atoms with Gasteiger partial charge >= 0.3 is 0 Å². The number of carbonyl (C=O) groups is 1. The summed E-state index contributed by atoms with van der Waals surface area (Å²) in [7, 11) is 1.76. The molecule has 0 aromatic carbocycles. The summed E-state index contributed by atoms with van der Waals surface area (Å²) in [6.45, 7) is 12.2. The smallest absolute Gasteiger partial charge is 0.236 e. The Bertz CT molecular complexity index is 560. The number of carbonyl (C=O) groups excluding carboxylic acids is 1. The van der Waals surface area contributed by atoms with Crippen LogP contribution in [0.25, 0.3) is 0 Å². The van der Waals surface area contributed by atoms with E-state index in [-0.39, 0.29) is 0 Å². The van der Waals surface area contributed by atoms with Gasteiger partial charge < -0.3 is 9.64 Å². The van der Waals surface area contributed by atoms with E-state index in [2.05, 4.69) is 43.3 Å². The molecule has 27 heavy (non-hydrogen) atoms.